The van der Waals surface area contributed by atoms with Gasteiger partial charge in [0.25, 0.3) is 0 Å². The van der Waals surface area contributed by atoms with Gasteiger partial charge >= 0.3 is 6.03 Å². The third-order valence-electron chi connectivity index (χ3n) is 7.57. The molecule has 36 heavy (non-hydrogen) atoms. The van der Waals surface area contributed by atoms with Crippen molar-refractivity contribution in [3.05, 3.63) is 59.9 Å². The molecule has 3 saturated heterocycles. The lowest BCUT2D eigenvalue weighted by Gasteiger charge is -2.44. The second-order valence-electron chi connectivity index (χ2n) is 9.97. The molecule has 1 N–H and O–H groups in total. The largest absolute Gasteiger partial charge is 0.366 e. The number of carbonyl (C=O) groups is 2. The van der Waals surface area contributed by atoms with Crippen LogP contribution in [0.3, 0.4) is 0 Å². The van der Waals surface area contributed by atoms with Gasteiger partial charge in [-0.1, -0.05) is 18.2 Å². The molecule has 2 unspecified atom stereocenters. The number of morpholine rings is 1. The lowest BCUT2D eigenvalue weighted by molar-refractivity contribution is -0.139. The van der Waals surface area contributed by atoms with Gasteiger partial charge in [0.2, 0.25) is 5.91 Å². The van der Waals surface area contributed by atoms with Crippen LogP contribution in [-0.2, 0) is 19.4 Å². The minimum absolute atomic E-state index is 0.00345. The van der Waals surface area contributed by atoms with Crippen molar-refractivity contribution in [2.75, 3.05) is 39.0 Å². The number of sulfone groups is 1. The van der Waals surface area contributed by atoms with Crippen molar-refractivity contribution in [2.45, 2.75) is 42.2 Å². The molecule has 3 amide bonds. The molecule has 1 aromatic carbocycles. The van der Waals surface area contributed by atoms with E-state index >= 15 is 0 Å². The first kappa shape index (κ1) is 24.7. The highest BCUT2D eigenvalue weighted by Gasteiger charge is 2.38. The molecule has 4 heterocycles. The predicted octanol–water partition coefficient (Wildman–Crippen LogP) is 2.04. The molecule has 1 aromatic heterocycles. The van der Waals surface area contributed by atoms with Crippen LogP contribution in [-0.4, -0.2) is 86.3 Å². The number of hydrogen-bond acceptors (Lipinski definition) is 6. The van der Waals surface area contributed by atoms with E-state index in [1.165, 1.54) is 6.26 Å². The van der Waals surface area contributed by atoms with Crippen molar-refractivity contribution in [3.8, 4) is 0 Å². The number of piperidine rings is 2. The molecular weight excluding hydrogens is 480 g/mol. The number of ether oxygens (including phenoxy) is 1. The minimum atomic E-state index is -3.33. The average Bonchev–Trinajstić information content (AvgIpc) is 2.89. The Morgan fingerprint density at radius 2 is 1.83 bits per heavy atom. The number of benzene rings is 1. The second-order valence-corrected chi connectivity index (χ2v) is 12.0. The van der Waals surface area contributed by atoms with Gasteiger partial charge in [-0.25, -0.2) is 13.2 Å². The number of amides is 3. The van der Waals surface area contributed by atoms with Gasteiger partial charge in [-0.3, -0.25) is 9.78 Å². The molecule has 0 aliphatic carbocycles. The van der Waals surface area contributed by atoms with Crippen LogP contribution in [0.4, 0.5) is 4.79 Å². The van der Waals surface area contributed by atoms with Gasteiger partial charge in [0, 0.05) is 50.7 Å². The fourth-order valence-electron chi connectivity index (χ4n) is 5.73. The number of rotatable bonds is 4. The maximum atomic E-state index is 13.3. The number of aromatic nitrogens is 1. The summed E-state index contributed by atoms with van der Waals surface area (Å²) in [5.74, 6) is 0.0978. The van der Waals surface area contributed by atoms with Crippen LogP contribution in [0.25, 0.3) is 0 Å². The molecule has 192 valence electrons. The zero-order valence-corrected chi connectivity index (χ0v) is 21.2. The zero-order chi connectivity index (χ0) is 25.3. The fraction of sp³-hybridized carbons (Fsp3) is 0.500. The fourth-order valence-corrected chi connectivity index (χ4v) is 6.41. The average molecular weight is 513 g/mol. The standard InChI is InChI=1S/C26H32N4O5S/c1-36(33,34)21-6-2-4-19(14-21)25(20-5-3-10-27-15-20)18-7-11-29(12-8-18)26(32)30-13-9-23-22(16-30)28-24(31)17-35-23/h2-6,10,14-15,18,22-23,25H,7-9,11-13,16-17H2,1H3,(H,28,31)/t22-,23?,25?/m1/s1. The summed E-state index contributed by atoms with van der Waals surface area (Å²) in [6.45, 7) is 2.42. The van der Waals surface area contributed by atoms with Crippen molar-refractivity contribution >= 4 is 21.8 Å². The zero-order valence-electron chi connectivity index (χ0n) is 20.4. The Labute approximate surface area is 211 Å². The van der Waals surface area contributed by atoms with Crippen LogP contribution in [0.2, 0.25) is 0 Å². The molecular formula is C26H32N4O5S. The van der Waals surface area contributed by atoms with Crippen LogP contribution >= 0.6 is 0 Å². The van der Waals surface area contributed by atoms with E-state index in [9.17, 15) is 18.0 Å². The highest BCUT2D eigenvalue weighted by Crippen LogP contribution is 2.38. The van der Waals surface area contributed by atoms with Crippen molar-refractivity contribution < 1.29 is 22.7 Å². The van der Waals surface area contributed by atoms with E-state index in [2.05, 4.69) is 10.3 Å². The van der Waals surface area contributed by atoms with Crippen molar-refractivity contribution in [1.29, 1.82) is 0 Å². The molecule has 3 atom stereocenters. The molecule has 3 fully saturated rings. The number of likely N-dealkylation sites (tertiary alicyclic amines) is 2. The molecule has 5 rings (SSSR count). The van der Waals surface area contributed by atoms with E-state index in [-0.39, 0.29) is 42.5 Å². The third-order valence-corrected chi connectivity index (χ3v) is 8.68. The molecule has 9 nitrogen and oxygen atoms in total. The molecule has 0 spiro atoms. The van der Waals surface area contributed by atoms with Crippen molar-refractivity contribution in [2.24, 2.45) is 5.92 Å². The number of nitrogens with one attached hydrogen (secondary N) is 1. The number of fused-ring (bicyclic) bond motifs is 1. The first-order valence-electron chi connectivity index (χ1n) is 12.4. The third kappa shape index (κ3) is 5.24. The minimum Gasteiger partial charge on any atom is -0.366 e. The first-order chi connectivity index (χ1) is 17.3. The van der Waals surface area contributed by atoms with Crippen LogP contribution < -0.4 is 5.32 Å². The summed E-state index contributed by atoms with van der Waals surface area (Å²) >= 11 is 0. The maximum absolute atomic E-state index is 13.3. The van der Waals surface area contributed by atoms with Gasteiger partial charge < -0.3 is 19.9 Å². The number of hydrogen-bond donors (Lipinski definition) is 1. The van der Waals surface area contributed by atoms with Crippen LogP contribution in [0.15, 0.2) is 53.7 Å². The summed E-state index contributed by atoms with van der Waals surface area (Å²) < 4.78 is 30.0. The van der Waals surface area contributed by atoms with Gasteiger partial charge in [-0.15, -0.1) is 0 Å². The van der Waals surface area contributed by atoms with E-state index < -0.39 is 9.84 Å². The number of carbonyl (C=O) groups excluding carboxylic acids is 2. The Bertz CT molecular complexity index is 1210. The van der Waals surface area contributed by atoms with Gasteiger partial charge in [0.15, 0.2) is 9.84 Å². The molecule has 0 saturated carbocycles. The second kappa shape index (κ2) is 10.2. The van der Waals surface area contributed by atoms with Gasteiger partial charge in [0.1, 0.15) is 6.61 Å². The van der Waals surface area contributed by atoms with Crippen LogP contribution in [0.5, 0.6) is 0 Å². The lowest BCUT2D eigenvalue weighted by Crippen LogP contribution is -2.62. The predicted molar refractivity (Wildman–Crippen MR) is 133 cm³/mol. The summed E-state index contributed by atoms with van der Waals surface area (Å²) in [5.41, 5.74) is 1.99. The number of pyridine rings is 1. The molecule has 3 aliphatic rings. The molecule has 3 aliphatic heterocycles. The lowest BCUT2D eigenvalue weighted by atomic mass is 9.76. The highest BCUT2D eigenvalue weighted by atomic mass is 32.2. The van der Waals surface area contributed by atoms with Crippen molar-refractivity contribution in [1.82, 2.24) is 20.1 Å². The SMILES string of the molecule is CS(=O)(=O)c1cccc(C(c2cccnc2)C2CCN(C(=O)N3CCC4OCC(=O)N[C@@H]4C3)CC2)c1. The summed E-state index contributed by atoms with van der Waals surface area (Å²) in [6.07, 6.45) is 7.09. The summed E-state index contributed by atoms with van der Waals surface area (Å²) in [5, 5.41) is 2.95. The summed E-state index contributed by atoms with van der Waals surface area (Å²) in [4.78, 5) is 33.4. The molecule has 10 heteroatoms. The Hall–Kier alpha value is -2.98. The van der Waals surface area contributed by atoms with E-state index in [0.29, 0.717) is 37.5 Å². The topological polar surface area (TPSA) is 109 Å². The van der Waals surface area contributed by atoms with E-state index in [1.807, 2.05) is 34.2 Å². The van der Waals surface area contributed by atoms with E-state index in [1.54, 1.807) is 24.4 Å². The van der Waals surface area contributed by atoms with E-state index in [0.717, 1.165) is 24.0 Å². The van der Waals surface area contributed by atoms with Crippen molar-refractivity contribution in [3.63, 3.8) is 0 Å². The van der Waals surface area contributed by atoms with E-state index in [4.69, 9.17) is 4.74 Å². The first-order valence-corrected chi connectivity index (χ1v) is 14.3. The number of urea groups is 1. The smallest absolute Gasteiger partial charge is 0.320 e. The highest BCUT2D eigenvalue weighted by molar-refractivity contribution is 7.90. The Morgan fingerprint density at radius 1 is 1.08 bits per heavy atom. The summed E-state index contributed by atoms with van der Waals surface area (Å²) in [6, 6.07) is 11.0. The Balaban J connectivity index is 1.29. The molecule has 2 aromatic rings. The monoisotopic (exact) mass is 512 g/mol. The van der Waals surface area contributed by atoms with Crippen LogP contribution in [0, 0.1) is 5.92 Å². The number of nitrogens with zero attached hydrogens (tertiary/aromatic N) is 3. The Kier molecular flexibility index (Phi) is 6.98. The molecule has 0 radical (unpaired) electrons. The van der Waals surface area contributed by atoms with Gasteiger partial charge in [-0.05, 0) is 54.5 Å². The van der Waals surface area contributed by atoms with Gasteiger partial charge in [-0.2, -0.15) is 0 Å². The molecule has 0 bridgehead atoms. The van der Waals surface area contributed by atoms with Gasteiger partial charge in [0.05, 0.1) is 17.0 Å². The Morgan fingerprint density at radius 3 is 2.56 bits per heavy atom. The normalized spacial score (nSPS) is 24.1. The van der Waals surface area contributed by atoms with Crippen LogP contribution in [0.1, 0.15) is 36.3 Å². The quantitative estimate of drug-likeness (QED) is 0.672. The summed E-state index contributed by atoms with van der Waals surface area (Å²) in [7, 11) is -3.33. The maximum Gasteiger partial charge on any atom is 0.320 e.